The molecule has 0 spiro atoms. The van der Waals surface area contributed by atoms with Gasteiger partial charge in [-0.2, -0.15) is 19.6 Å². The Balaban J connectivity index is 1.69. The van der Waals surface area contributed by atoms with Gasteiger partial charge in [-0.3, -0.25) is 4.90 Å². The molecule has 0 bridgehead atoms. The van der Waals surface area contributed by atoms with Crippen LogP contribution in [0.5, 0.6) is 0 Å². The van der Waals surface area contributed by atoms with Crippen molar-refractivity contribution in [2.75, 3.05) is 58.3 Å². The lowest BCUT2D eigenvalue weighted by molar-refractivity contribution is 0.229. The number of hydrogen-bond donors (Lipinski definition) is 0. The fourth-order valence-electron chi connectivity index (χ4n) is 2.54. The molecule has 0 unspecified atom stereocenters. The second-order valence-electron chi connectivity index (χ2n) is 5.54. The van der Waals surface area contributed by atoms with Gasteiger partial charge in [0.15, 0.2) is 0 Å². The van der Waals surface area contributed by atoms with Crippen LogP contribution in [0.2, 0.25) is 5.15 Å². The van der Waals surface area contributed by atoms with Gasteiger partial charge in [0, 0.05) is 45.3 Å². The molecule has 8 heteroatoms. The number of piperazine rings is 1. The minimum Gasteiger partial charge on any atom is -0.354 e. The zero-order valence-electron chi connectivity index (χ0n) is 12.4. The highest BCUT2D eigenvalue weighted by Crippen LogP contribution is 2.20. The van der Waals surface area contributed by atoms with Gasteiger partial charge in [-0.25, -0.2) is 0 Å². The molecule has 2 aromatic heterocycles. The number of aromatic nitrogens is 4. The van der Waals surface area contributed by atoms with Crippen molar-refractivity contribution in [1.82, 2.24) is 29.4 Å². The van der Waals surface area contributed by atoms with Crippen LogP contribution in [0.4, 0.5) is 5.82 Å². The van der Waals surface area contributed by atoms with Crippen molar-refractivity contribution >= 4 is 23.2 Å². The zero-order valence-corrected chi connectivity index (χ0v) is 13.2. The van der Waals surface area contributed by atoms with E-state index >= 15 is 0 Å². The Bertz CT molecular complexity index is 604. The Morgan fingerprint density at radius 3 is 2.71 bits per heavy atom. The van der Waals surface area contributed by atoms with Crippen LogP contribution >= 0.6 is 11.6 Å². The topological polar surface area (TPSA) is 52.8 Å². The SMILES string of the molecule is CN(C)CCN1CCN(c2cc(Cl)nc3ncnn23)CC1. The molecule has 0 radical (unpaired) electrons. The van der Waals surface area contributed by atoms with Gasteiger partial charge < -0.3 is 9.80 Å². The van der Waals surface area contributed by atoms with Crippen molar-refractivity contribution in [2.24, 2.45) is 0 Å². The molecule has 0 N–H and O–H groups in total. The average Bonchev–Trinajstić information content (AvgIpc) is 2.93. The van der Waals surface area contributed by atoms with E-state index in [0.29, 0.717) is 10.9 Å². The Morgan fingerprint density at radius 2 is 2.00 bits per heavy atom. The van der Waals surface area contributed by atoms with Crippen LogP contribution in [0.1, 0.15) is 0 Å². The second kappa shape index (κ2) is 6.13. The maximum Gasteiger partial charge on any atom is 0.255 e. The highest BCUT2D eigenvalue weighted by molar-refractivity contribution is 6.29. The van der Waals surface area contributed by atoms with E-state index in [9.17, 15) is 0 Å². The van der Waals surface area contributed by atoms with Crippen LogP contribution < -0.4 is 4.90 Å². The summed E-state index contributed by atoms with van der Waals surface area (Å²) in [6.45, 7) is 6.21. The molecule has 0 aromatic carbocycles. The monoisotopic (exact) mass is 309 g/mol. The summed E-state index contributed by atoms with van der Waals surface area (Å²) < 4.78 is 1.75. The molecular weight excluding hydrogens is 290 g/mol. The summed E-state index contributed by atoms with van der Waals surface area (Å²) in [5, 5.41) is 4.69. The fraction of sp³-hybridized carbons (Fsp3) is 0.615. The Hall–Kier alpha value is -1.44. The number of halogens is 1. The molecule has 7 nitrogen and oxygen atoms in total. The minimum absolute atomic E-state index is 0.459. The van der Waals surface area contributed by atoms with Crippen LogP contribution in [-0.4, -0.2) is 82.7 Å². The van der Waals surface area contributed by atoms with Gasteiger partial charge in [0.25, 0.3) is 5.78 Å². The summed E-state index contributed by atoms with van der Waals surface area (Å²) >= 11 is 6.08. The largest absolute Gasteiger partial charge is 0.354 e. The molecule has 3 rings (SSSR count). The van der Waals surface area contributed by atoms with Crippen LogP contribution in [-0.2, 0) is 0 Å². The first-order valence-corrected chi connectivity index (χ1v) is 7.49. The quantitative estimate of drug-likeness (QED) is 0.765. The van der Waals surface area contributed by atoms with E-state index in [1.54, 1.807) is 4.52 Å². The van der Waals surface area contributed by atoms with Crippen molar-refractivity contribution in [3.05, 3.63) is 17.5 Å². The smallest absolute Gasteiger partial charge is 0.255 e. The highest BCUT2D eigenvalue weighted by Gasteiger charge is 2.20. The third kappa shape index (κ3) is 3.25. The molecule has 0 aliphatic carbocycles. The highest BCUT2D eigenvalue weighted by atomic mass is 35.5. The van der Waals surface area contributed by atoms with Crippen molar-refractivity contribution in [3.63, 3.8) is 0 Å². The van der Waals surface area contributed by atoms with Crippen LogP contribution in [0.3, 0.4) is 0 Å². The Morgan fingerprint density at radius 1 is 1.24 bits per heavy atom. The lowest BCUT2D eigenvalue weighted by Crippen LogP contribution is -2.48. The molecule has 0 amide bonds. The second-order valence-corrected chi connectivity index (χ2v) is 5.93. The number of likely N-dealkylation sites (N-methyl/N-ethyl adjacent to an activating group) is 1. The molecule has 0 saturated carbocycles. The third-order valence-corrected chi connectivity index (χ3v) is 3.96. The van der Waals surface area contributed by atoms with E-state index in [0.717, 1.165) is 45.1 Å². The minimum atomic E-state index is 0.459. The van der Waals surface area contributed by atoms with Gasteiger partial charge in [0.1, 0.15) is 17.3 Å². The van der Waals surface area contributed by atoms with E-state index in [-0.39, 0.29) is 0 Å². The number of nitrogens with zero attached hydrogens (tertiary/aromatic N) is 7. The van der Waals surface area contributed by atoms with Crippen molar-refractivity contribution in [1.29, 1.82) is 0 Å². The fourth-order valence-corrected chi connectivity index (χ4v) is 2.71. The van der Waals surface area contributed by atoms with E-state index in [4.69, 9.17) is 11.6 Å². The molecule has 2 aromatic rings. The summed E-state index contributed by atoms with van der Waals surface area (Å²) in [6.07, 6.45) is 1.51. The van der Waals surface area contributed by atoms with Gasteiger partial charge in [-0.05, 0) is 14.1 Å². The lowest BCUT2D eigenvalue weighted by atomic mass is 10.3. The van der Waals surface area contributed by atoms with E-state index in [1.165, 1.54) is 6.33 Å². The molecular formula is C13H20ClN7. The normalized spacial score (nSPS) is 17.0. The molecule has 1 aliphatic heterocycles. The third-order valence-electron chi connectivity index (χ3n) is 3.76. The maximum atomic E-state index is 6.08. The molecule has 114 valence electrons. The first kappa shape index (κ1) is 14.5. The number of rotatable bonds is 4. The molecule has 1 aliphatic rings. The molecule has 0 atom stereocenters. The summed E-state index contributed by atoms with van der Waals surface area (Å²) in [7, 11) is 4.22. The Labute approximate surface area is 129 Å². The van der Waals surface area contributed by atoms with Crippen molar-refractivity contribution in [3.8, 4) is 0 Å². The molecule has 1 saturated heterocycles. The first-order valence-electron chi connectivity index (χ1n) is 7.12. The van der Waals surface area contributed by atoms with E-state index in [2.05, 4.69) is 43.9 Å². The van der Waals surface area contributed by atoms with E-state index < -0.39 is 0 Å². The van der Waals surface area contributed by atoms with Crippen LogP contribution in [0.15, 0.2) is 12.4 Å². The van der Waals surface area contributed by atoms with Crippen LogP contribution in [0, 0.1) is 0 Å². The first-order chi connectivity index (χ1) is 10.1. The number of anilines is 1. The summed E-state index contributed by atoms with van der Waals surface area (Å²) in [5.41, 5.74) is 0. The Kier molecular flexibility index (Phi) is 4.23. The van der Waals surface area contributed by atoms with Crippen molar-refractivity contribution in [2.45, 2.75) is 0 Å². The lowest BCUT2D eigenvalue weighted by Gasteiger charge is -2.36. The average molecular weight is 310 g/mol. The van der Waals surface area contributed by atoms with E-state index in [1.807, 2.05) is 6.07 Å². The van der Waals surface area contributed by atoms with Gasteiger partial charge in [0.05, 0.1) is 0 Å². The number of fused-ring (bicyclic) bond motifs is 1. The molecule has 3 heterocycles. The summed E-state index contributed by atoms with van der Waals surface area (Å²) in [6, 6.07) is 1.86. The predicted molar refractivity (Wildman–Crippen MR) is 83.0 cm³/mol. The summed E-state index contributed by atoms with van der Waals surface area (Å²) in [4.78, 5) is 15.3. The zero-order chi connectivity index (χ0) is 14.8. The maximum absolute atomic E-state index is 6.08. The number of hydrogen-bond acceptors (Lipinski definition) is 6. The predicted octanol–water partition coefficient (Wildman–Crippen LogP) is 0.461. The standard InChI is InChI=1S/C13H20ClN7/c1-18(2)3-4-19-5-7-20(8-6-19)12-9-11(14)17-13-15-10-16-21(12)13/h9-10H,3-8H2,1-2H3. The van der Waals surface area contributed by atoms with Gasteiger partial charge in [0.2, 0.25) is 0 Å². The van der Waals surface area contributed by atoms with Crippen molar-refractivity contribution < 1.29 is 0 Å². The van der Waals surface area contributed by atoms with Gasteiger partial charge in [-0.15, -0.1) is 0 Å². The summed E-state index contributed by atoms with van der Waals surface area (Å²) in [5.74, 6) is 1.52. The molecule has 21 heavy (non-hydrogen) atoms. The molecule has 1 fully saturated rings. The van der Waals surface area contributed by atoms with Gasteiger partial charge >= 0.3 is 0 Å². The van der Waals surface area contributed by atoms with Gasteiger partial charge in [-0.1, -0.05) is 11.6 Å². The van der Waals surface area contributed by atoms with Crippen LogP contribution in [0.25, 0.3) is 5.78 Å².